The predicted octanol–water partition coefficient (Wildman–Crippen LogP) is 5.84. The zero-order valence-corrected chi connectivity index (χ0v) is 25.4. The Bertz CT molecular complexity index is 1020. The Kier molecular flexibility index (Phi) is 13.1. The summed E-state index contributed by atoms with van der Waals surface area (Å²) in [7, 11) is 0. The van der Waals surface area contributed by atoms with E-state index in [4.69, 9.17) is 24.7 Å². The molecule has 0 saturated heterocycles. The third-order valence-electron chi connectivity index (χ3n) is 6.13. The van der Waals surface area contributed by atoms with Gasteiger partial charge in [-0.25, -0.2) is 4.79 Å². The van der Waals surface area contributed by atoms with Crippen molar-refractivity contribution < 1.29 is 43.2 Å². The van der Waals surface area contributed by atoms with Crippen molar-refractivity contribution in [2.24, 2.45) is 22.5 Å². The Morgan fingerprint density at radius 2 is 1.43 bits per heavy atom. The summed E-state index contributed by atoms with van der Waals surface area (Å²) in [6, 6.07) is 3.09. The molecule has 10 heteroatoms. The summed E-state index contributed by atoms with van der Waals surface area (Å²) in [6.45, 7) is 16.8. The van der Waals surface area contributed by atoms with Gasteiger partial charge in [-0.05, 0) is 41.9 Å². The molecular formula is C30H47NO9. The van der Waals surface area contributed by atoms with E-state index in [1.165, 1.54) is 12.1 Å². The van der Waals surface area contributed by atoms with E-state index in [2.05, 4.69) is 0 Å². The molecule has 3 unspecified atom stereocenters. The molecule has 0 aliphatic rings. The Labute approximate surface area is 237 Å². The van der Waals surface area contributed by atoms with Gasteiger partial charge in [0.25, 0.3) is 0 Å². The molecule has 0 radical (unpaired) electrons. The minimum absolute atomic E-state index is 0.0272. The highest BCUT2D eigenvalue weighted by Crippen LogP contribution is 2.38. The molecule has 0 heterocycles. The van der Waals surface area contributed by atoms with E-state index in [9.17, 15) is 24.3 Å². The largest absolute Gasteiger partial charge is 0.508 e. The van der Waals surface area contributed by atoms with E-state index in [-0.39, 0.29) is 41.8 Å². The average Bonchev–Trinajstić information content (AvgIpc) is 2.78. The number of benzene rings is 1. The molecule has 1 rings (SSSR count). The van der Waals surface area contributed by atoms with Crippen molar-refractivity contribution in [1.82, 2.24) is 0 Å². The molecule has 40 heavy (non-hydrogen) atoms. The van der Waals surface area contributed by atoms with Gasteiger partial charge in [-0.2, -0.15) is 0 Å². The lowest BCUT2D eigenvalue weighted by Gasteiger charge is -2.31. The number of nitrogens with two attached hydrogens (primary N) is 1. The lowest BCUT2D eigenvalue weighted by atomic mass is 9.79. The number of rotatable bonds is 13. The summed E-state index contributed by atoms with van der Waals surface area (Å²) in [5.74, 6) is -3.77. The second-order valence-corrected chi connectivity index (χ2v) is 12.7. The number of carbonyl (C=O) groups excluding carboxylic acids is 3. The molecule has 3 N–H and O–H groups in total. The highest BCUT2D eigenvalue weighted by atomic mass is 16.7. The lowest BCUT2D eigenvalue weighted by molar-refractivity contribution is -0.140. The average molecular weight is 566 g/mol. The summed E-state index contributed by atoms with van der Waals surface area (Å²) in [4.78, 5) is 49.4. The van der Waals surface area contributed by atoms with E-state index in [0.717, 1.165) is 6.42 Å². The Morgan fingerprint density at radius 1 is 0.900 bits per heavy atom. The van der Waals surface area contributed by atoms with Gasteiger partial charge in [0, 0.05) is 11.8 Å². The van der Waals surface area contributed by atoms with Crippen molar-refractivity contribution in [2.45, 2.75) is 106 Å². The number of hydrogen-bond donors (Lipinski definition) is 2. The molecular weight excluding hydrogens is 518 g/mol. The van der Waals surface area contributed by atoms with E-state index in [0.29, 0.717) is 12.0 Å². The van der Waals surface area contributed by atoms with Gasteiger partial charge in [0.1, 0.15) is 12.1 Å². The zero-order chi connectivity index (χ0) is 30.8. The SMILES string of the molecule is CCCCOC(=O)OC(C)C(C)C(c1ccc(OC(=O)CC(C)(C)C)c(OC(=O)CC(C)(C)C)c1)[C@H](N)C(=O)O. The third kappa shape index (κ3) is 12.4. The zero-order valence-electron chi connectivity index (χ0n) is 25.4. The van der Waals surface area contributed by atoms with Crippen LogP contribution in [0.15, 0.2) is 18.2 Å². The van der Waals surface area contributed by atoms with Gasteiger partial charge in [0.15, 0.2) is 11.5 Å². The van der Waals surface area contributed by atoms with Gasteiger partial charge in [-0.15, -0.1) is 0 Å². The van der Waals surface area contributed by atoms with Crippen molar-refractivity contribution in [3.8, 4) is 11.5 Å². The Morgan fingerprint density at radius 3 is 1.90 bits per heavy atom. The van der Waals surface area contributed by atoms with Crippen LogP contribution in [0.5, 0.6) is 11.5 Å². The normalized spacial score (nSPS) is 14.8. The first kappa shape index (κ1) is 34.9. The molecule has 0 aliphatic carbocycles. The maximum absolute atomic E-state index is 12.7. The molecule has 1 aromatic carbocycles. The Hall–Kier alpha value is -3.14. The van der Waals surface area contributed by atoms with E-state index in [1.54, 1.807) is 19.9 Å². The van der Waals surface area contributed by atoms with Crippen molar-refractivity contribution in [1.29, 1.82) is 0 Å². The molecule has 0 bridgehead atoms. The fraction of sp³-hybridized carbons (Fsp3) is 0.667. The Balaban J connectivity index is 3.43. The number of ether oxygens (including phenoxy) is 4. The molecule has 1 aromatic rings. The maximum atomic E-state index is 12.7. The third-order valence-corrected chi connectivity index (χ3v) is 6.13. The maximum Gasteiger partial charge on any atom is 0.508 e. The molecule has 4 atom stereocenters. The molecule has 0 aromatic heterocycles. The van der Waals surface area contributed by atoms with Crippen LogP contribution in [0.2, 0.25) is 0 Å². The van der Waals surface area contributed by atoms with Gasteiger partial charge in [0.2, 0.25) is 0 Å². The van der Waals surface area contributed by atoms with Crippen LogP contribution in [0, 0.1) is 16.7 Å². The standard InChI is InChI=1S/C30H47NO9/c1-10-11-14-37-28(36)38-19(3)18(2)25(26(31)27(34)35)20-12-13-21(39-23(32)16-29(4,5)6)22(15-20)40-24(33)17-30(7,8)9/h12-13,15,18-19,25-26H,10-11,14,16-17,31H2,1-9H3,(H,34,35)/t18?,19?,25?,26-/m0/s1. The van der Waals surface area contributed by atoms with Crippen molar-refractivity contribution in [3.63, 3.8) is 0 Å². The van der Waals surface area contributed by atoms with Crippen LogP contribution in [0.25, 0.3) is 0 Å². The van der Waals surface area contributed by atoms with Crippen molar-refractivity contribution in [2.75, 3.05) is 6.61 Å². The first-order valence-electron chi connectivity index (χ1n) is 13.7. The van der Waals surface area contributed by atoms with Gasteiger partial charge in [-0.3, -0.25) is 14.4 Å². The summed E-state index contributed by atoms with van der Waals surface area (Å²) in [5.41, 5.74) is 5.83. The van der Waals surface area contributed by atoms with Gasteiger partial charge >= 0.3 is 24.1 Å². The molecule has 226 valence electrons. The van der Waals surface area contributed by atoms with E-state index >= 15 is 0 Å². The number of carboxylic acids is 1. The lowest BCUT2D eigenvalue weighted by Crippen LogP contribution is -2.42. The van der Waals surface area contributed by atoms with E-state index in [1.807, 2.05) is 48.5 Å². The second kappa shape index (κ2) is 15.0. The summed E-state index contributed by atoms with van der Waals surface area (Å²) in [5, 5.41) is 9.78. The number of carboxylic acid groups (broad SMARTS) is 1. The number of carbonyl (C=O) groups is 4. The first-order valence-corrected chi connectivity index (χ1v) is 13.7. The van der Waals surface area contributed by atoms with Gasteiger partial charge in [-0.1, -0.05) is 67.9 Å². The molecule has 0 amide bonds. The van der Waals surface area contributed by atoms with Crippen molar-refractivity contribution >= 4 is 24.1 Å². The summed E-state index contributed by atoms with van der Waals surface area (Å²) < 4.78 is 21.7. The smallest absolute Gasteiger partial charge is 0.480 e. The highest BCUT2D eigenvalue weighted by Gasteiger charge is 2.36. The van der Waals surface area contributed by atoms with Crippen LogP contribution in [0.4, 0.5) is 4.79 Å². The minimum Gasteiger partial charge on any atom is -0.480 e. The molecule has 0 spiro atoms. The van der Waals surface area contributed by atoms with Gasteiger partial charge in [0.05, 0.1) is 19.4 Å². The van der Waals surface area contributed by atoms with Crippen molar-refractivity contribution in [3.05, 3.63) is 23.8 Å². The molecule has 10 nitrogen and oxygen atoms in total. The van der Waals surface area contributed by atoms with E-state index < -0.39 is 48.0 Å². The highest BCUT2D eigenvalue weighted by molar-refractivity contribution is 5.78. The summed E-state index contributed by atoms with van der Waals surface area (Å²) in [6.07, 6.45) is 0.130. The van der Waals surface area contributed by atoms with Crippen LogP contribution in [0.3, 0.4) is 0 Å². The number of hydrogen-bond acceptors (Lipinski definition) is 9. The first-order chi connectivity index (χ1) is 18.3. The van der Waals surface area contributed by atoms with Gasteiger partial charge < -0.3 is 29.8 Å². The van der Waals surface area contributed by atoms with Crippen LogP contribution in [-0.2, 0) is 23.9 Å². The monoisotopic (exact) mass is 565 g/mol. The molecule has 0 saturated carbocycles. The fourth-order valence-electron chi connectivity index (χ4n) is 3.96. The minimum atomic E-state index is -1.38. The topological polar surface area (TPSA) is 151 Å². The number of aliphatic carboxylic acids is 1. The molecule has 0 fully saturated rings. The molecule has 0 aliphatic heterocycles. The number of esters is 2. The van der Waals surface area contributed by atoms with Crippen LogP contribution in [0.1, 0.15) is 99.5 Å². The van der Waals surface area contributed by atoms with Crippen LogP contribution in [-0.4, -0.2) is 47.9 Å². The second-order valence-electron chi connectivity index (χ2n) is 12.7. The predicted molar refractivity (Wildman–Crippen MR) is 150 cm³/mol. The van der Waals surface area contributed by atoms with Crippen LogP contribution < -0.4 is 15.2 Å². The quantitative estimate of drug-likeness (QED) is 0.169. The number of unbranched alkanes of at least 4 members (excludes halogenated alkanes) is 1. The fourth-order valence-corrected chi connectivity index (χ4v) is 3.96. The summed E-state index contributed by atoms with van der Waals surface area (Å²) >= 11 is 0. The van der Waals surface area contributed by atoms with Crippen LogP contribution >= 0.6 is 0 Å².